The van der Waals surface area contributed by atoms with Gasteiger partial charge in [0.05, 0.1) is 6.04 Å². The monoisotopic (exact) mass is 221 g/mol. The molecule has 1 aromatic carbocycles. The second-order valence-corrected chi connectivity index (χ2v) is 4.45. The number of nitrogens with zero attached hydrogens (tertiary/aromatic N) is 1. The van der Waals surface area contributed by atoms with Gasteiger partial charge < -0.3 is 4.90 Å². The Labute approximate surface area is 95.1 Å². The molecule has 0 spiro atoms. The van der Waals surface area contributed by atoms with E-state index in [-0.39, 0.29) is 23.7 Å². The molecule has 1 atom stereocenters. The van der Waals surface area contributed by atoms with Crippen LogP contribution in [0.5, 0.6) is 0 Å². The van der Waals surface area contributed by atoms with Gasteiger partial charge in [-0.1, -0.05) is 12.1 Å². The zero-order valence-electron chi connectivity index (χ0n) is 9.61. The molecule has 0 aromatic heterocycles. The van der Waals surface area contributed by atoms with E-state index in [1.54, 1.807) is 17.0 Å². The van der Waals surface area contributed by atoms with Gasteiger partial charge in [0.25, 0.3) is 0 Å². The predicted molar refractivity (Wildman–Crippen MR) is 60.3 cm³/mol. The molecule has 1 saturated carbocycles. The summed E-state index contributed by atoms with van der Waals surface area (Å²) in [5.41, 5.74) is 0.970. The Bertz CT molecular complexity index is 383. The summed E-state index contributed by atoms with van der Waals surface area (Å²) in [7, 11) is 1.81. The van der Waals surface area contributed by atoms with Crippen LogP contribution in [-0.4, -0.2) is 17.9 Å². The first-order chi connectivity index (χ1) is 7.59. The van der Waals surface area contributed by atoms with E-state index in [0.29, 0.717) is 0 Å². The fourth-order valence-electron chi connectivity index (χ4n) is 1.77. The Morgan fingerprint density at radius 1 is 1.38 bits per heavy atom. The lowest BCUT2D eigenvalue weighted by atomic mass is 10.1. The topological polar surface area (TPSA) is 20.3 Å². The van der Waals surface area contributed by atoms with Crippen LogP contribution in [0.25, 0.3) is 0 Å². The number of benzene rings is 1. The van der Waals surface area contributed by atoms with Crippen LogP contribution in [0.4, 0.5) is 4.39 Å². The summed E-state index contributed by atoms with van der Waals surface area (Å²) in [5.74, 6) is 0.192. The van der Waals surface area contributed by atoms with Gasteiger partial charge >= 0.3 is 0 Å². The summed E-state index contributed by atoms with van der Waals surface area (Å²) in [4.78, 5) is 13.6. The molecular formula is C13H16FNO. The van der Waals surface area contributed by atoms with E-state index in [2.05, 4.69) is 0 Å². The number of halogens is 1. The van der Waals surface area contributed by atoms with E-state index >= 15 is 0 Å². The lowest BCUT2D eigenvalue weighted by Crippen LogP contribution is -2.30. The average Bonchev–Trinajstić information content (AvgIpc) is 3.11. The van der Waals surface area contributed by atoms with Crippen molar-refractivity contribution in [3.05, 3.63) is 35.6 Å². The van der Waals surface area contributed by atoms with Gasteiger partial charge in [-0.05, 0) is 37.5 Å². The number of carbonyl (C=O) groups is 1. The molecule has 2 nitrogen and oxygen atoms in total. The molecule has 0 aliphatic heterocycles. The number of hydrogen-bond acceptors (Lipinski definition) is 1. The van der Waals surface area contributed by atoms with Gasteiger partial charge in [0, 0.05) is 13.0 Å². The summed E-state index contributed by atoms with van der Waals surface area (Å²) < 4.78 is 12.8. The second kappa shape index (κ2) is 4.24. The Kier molecular flexibility index (Phi) is 2.95. The van der Waals surface area contributed by atoms with Gasteiger partial charge in [-0.25, -0.2) is 4.39 Å². The standard InChI is InChI=1S/C13H16FNO/c1-9(10-5-7-12(14)8-6-10)15(2)13(16)11-3-4-11/h5-9,11H,3-4H2,1-2H3. The Balaban J connectivity index is 2.08. The summed E-state index contributed by atoms with van der Waals surface area (Å²) >= 11 is 0. The minimum atomic E-state index is -0.243. The molecule has 1 amide bonds. The third-order valence-corrected chi connectivity index (χ3v) is 3.21. The van der Waals surface area contributed by atoms with Crippen molar-refractivity contribution < 1.29 is 9.18 Å². The summed E-state index contributed by atoms with van der Waals surface area (Å²) in [6.07, 6.45) is 2.03. The maximum absolute atomic E-state index is 12.8. The summed E-state index contributed by atoms with van der Waals surface area (Å²) in [6, 6.07) is 6.34. The molecule has 3 heteroatoms. The molecule has 0 N–H and O–H groups in total. The van der Waals surface area contributed by atoms with Crippen LogP contribution >= 0.6 is 0 Å². The molecule has 0 heterocycles. The van der Waals surface area contributed by atoms with Gasteiger partial charge in [-0.15, -0.1) is 0 Å². The lowest BCUT2D eigenvalue weighted by Gasteiger charge is -2.25. The van der Waals surface area contributed by atoms with Crippen LogP contribution in [0.3, 0.4) is 0 Å². The third kappa shape index (κ3) is 2.23. The maximum atomic E-state index is 12.8. The van der Waals surface area contributed by atoms with E-state index in [0.717, 1.165) is 18.4 Å². The van der Waals surface area contributed by atoms with Crippen LogP contribution in [-0.2, 0) is 4.79 Å². The molecular weight excluding hydrogens is 205 g/mol. The van der Waals surface area contributed by atoms with Gasteiger partial charge in [-0.3, -0.25) is 4.79 Å². The number of amides is 1. The highest BCUT2D eigenvalue weighted by Gasteiger charge is 2.33. The van der Waals surface area contributed by atoms with Crippen molar-refractivity contribution >= 4 is 5.91 Å². The normalized spacial score (nSPS) is 16.9. The summed E-state index contributed by atoms with van der Waals surface area (Å²) in [5, 5.41) is 0. The van der Waals surface area contributed by atoms with E-state index in [1.807, 2.05) is 14.0 Å². The zero-order valence-corrected chi connectivity index (χ0v) is 9.61. The number of carbonyl (C=O) groups excluding carboxylic acids is 1. The molecule has 1 aromatic rings. The molecule has 1 aliphatic rings. The van der Waals surface area contributed by atoms with Crippen molar-refractivity contribution in [1.82, 2.24) is 4.90 Å². The van der Waals surface area contributed by atoms with Crippen molar-refractivity contribution in [3.8, 4) is 0 Å². The Hall–Kier alpha value is -1.38. The number of rotatable bonds is 3. The fourth-order valence-corrected chi connectivity index (χ4v) is 1.77. The molecule has 0 bridgehead atoms. The highest BCUT2D eigenvalue weighted by Crippen LogP contribution is 2.33. The fraction of sp³-hybridized carbons (Fsp3) is 0.462. The second-order valence-electron chi connectivity index (χ2n) is 4.45. The van der Waals surface area contributed by atoms with Crippen molar-refractivity contribution in [2.75, 3.05) is 7.05 Å². The van der Waals surface area contributed by atoms with Gasteiger partial charge in [0.15, 0.2) is 0 Å². The highest BCUT2D eigenvalue weighted by molar-refractivity contribution is 5.81. The molecule has 0 saturated heterocycles. The Morgan fingerprint density at radius 3 is 2.44 bits per heavy atom. The van der Waals surface area contributed by atoms with Crippen LogP contribution in [0, 0.1) is 11.7 Å². The Morgan fingerprint density at radius 2 is 1.94 bits per heavy atom. The van der Waals surface area contributed by atoms with E-state index in [1.165, 1.54) is 12.1 Å². The van der Waals surface area contributed by atoms with Crippen molar-refractivity contribution in [1.29, 1.82) is 0 Å². The first kappa shape index (κ1) is 11.1. The molecule has 0 radical (unpaired) electrons. The maximum Gasteiger partial charge on any atom is 0.225 e. The molecule has 1 aliphatic carbocycles. The minimum Gasteiger partial charge on any atom is -0.339 e. The van der Waals surface area contributed by atoms with E-state index in [9.17, 15) is 9.18 Å². The van der Waals surface area contributed by atoms with Gasteiger partial charge in [0.2, 0.25) is 5.91 Å². The van der Waals surface area contributed by atoms with E-state index < -0.39 is 0 Å². The summed E-state index contributed by atoms with van der Waals surface area (Å²) in [6.45, 7) is 1.97. The molecule has 86 valence electrons. The van der Waals surface area contributed by atoms with Crippen molar-refractivity contribution in [2.24, 2.45) is 5.92 Å². The largest absolute Gasteiger partial charge is 0.339 e. The average molecular weight is 221 g/mol. The first-order valence-corrected chi connectivity index (χ1v) is 5.61. The van der Waals surface area contributed by atoms with Crippen LogP contribution in [0.1, 0.15) is 31.4 Å². The molecule has 1 unspecified atom stereocenters. The van der Waals surface area contributed by atoms with Crippen molar-refractivity contribution in [3.63, 3.8) is 0 Å². The van der Waals surface area contributed by atoms with Crippen LogP contribution in [0.15, 0.2) is 24.3 Å². The predicted octanol–water partition coefficient (Wildman–Crippen LogP) is 2.76. The van der Waals surface area contributed by atoms with Gasteiger partial charge in [-0.2, -0.15) is 0 Å². The van der Waals surface area contributed by atoms with Crippen LogP contribution in [0.2, 0.25) is 0 Å². The quantitative estimate of drug-likeness (QED) is 0.768. The lowest BCUT2D eigenvalue weighted by molar-refractivity contribution is -0.133. The SMILES string of the molecule is CC(c1ccc(F)cc1)N(C)C(=O)C1CC1. The first-order valence-electron chi connectivity index (χ1n) is 5.61. The third-order valence-electron chi connectivity index (χ3n) is 3.21. The van der Waals surface area contributed by atoms with Crippen LogP contribution < -0.4 is 0 Å². The van der Waals surface area contributed by atoms with E-state index in [4.69, 9.17) is 0 Å². The number of hydrogen-bond donors (Lipinski definition) is 0. The smallest absolute Gasteiger partial charge is 0.225 e. The molecule has 16 heavy (non-hydrogen) atoms. The molecule has 1 fully saturated rings. The minimum absolute atomic E-state index is 0.00806. The van der Waals surface area contributed by atoms with Crippen molar-refractivity contribution in [2.45, 2.75) is 25.8 Å². The highest BCUT2D eigenvalue weighted by atomic mass is 19.1. The zero-order chi connectivity index (χ0) is 11.7. The van der Waals surface area contributed by atoms with Gasteiger partial charge in [0.1, 0.15) is 5.82 Å². The molecule has 2 rings (SSSR count).